The van der Waals surface area contributed by atoms with E-state index in [2.05, 4.69) is 15.4 Å². The Morgan fingerprint density at radius 3 is 3.18 bits per heavy atom. The molecule has 0 saturated heterocycles. The molecule has 3 N–H and O–H groups in total. The number of nitrogens with one attached hydrogen (secondary N) is 1. The van der Waals surface area contributed by atoms with Gasteiger partial charge in [-0.1, -0.05) is 11.3 Å². The van der Waals surface area contributed by atoms with Crippen molar-refractivity contribution in [1.29, 1.82) is 0 Å². The second kappa shape index (κ2) is 2.44. The molecule has 2 heterocycles. The van der Waals surface area contributed by atoms with Crippen molar-refractivity contribution in [1.82, 2.24) is 9.97 Å². The van der Waals surface area contributed by atoms with E-state index in [0.29, 0.717) is 5.13 Å². The summed E-state index contributed by atoms with van der Waals surface area (Å²) in [4.78, 5) is 8.14. The Hall–Kier alpha value is -1.20. The van der Waals surface area contributed by atoms with Crippen molar-refractivity contribution in [2.45, 2.75) is 0 Å². The fourth-order valence-electron chi connectivity index (χ4n) is 0.842. The van der Waals surface area contributed by atoms with Crippen LogP contribution in [0.3, 0.4) is 0 Å². The highest BCUT2D eigenvalue weighted by Gasteiger charge is 1.99. The number of hydrazine groups is 1. The van der Waals surface area contributed by atoms with Gasteiger partial charge in [0.2, 0.25) is 0 Å². The number of fused-ring (bicyclic) bond motifs is 1. The number of aromatic nitrogens is 2. The van der Waals surface area contributed by atoms with Gasteiger partial charge < -0.3 is 0 Å². The highest BCUT2D eigenvalue weighted by atomic mass is 32.1. The molecule has 5 heteroatoms. The van der Waals surface area contributed by atoms with E-state index in [4.69, 9.17) is 5.84 Å². The van der Waals surface area contributed by atoms with Crippen LogP contribution in [-0.4, -0.2) is 9.97 Å². The van der Waals surface area contributed by atoms with Crippen LogP contribution >= 0.6 is 11.3 Å². The molecule has 2 rings (SSSR count). The van der Waals surface area contributed by atoms with Crippen molar-refractivity contribution in [3.05, 3.63) is 18.5 Å². The average molecular weight is 166 g/mol. The number of pyridine rings is 1. The van der Waals surface area contributed by atoms with Gasteiger partial charge >= 0.3 is 0 Å². The lowest BCUT2D eigenvalue weighted by Crippen LogP contribution is -2.05. The van der Waals surface area contributed by atoms with Crippen molar-refractivity contribution in [3.8, 4) is 0 Å². The first-order valence-electron chi connectivity index (χ1n) is 3.07. The van der Waals surface area contributed by atoms with Gasteiger partial charge in [0.15, 0.2) is 5.13 Å². The van der Waals surface area contributed by atoms with Crippen LogP contribution in [-0.2, 0) is 0 Å². The maximum absolute atomic E-state index is 5.19. The molecular weight excluding hydrogens is 160 g/mol. The van der Waals surface area contributed by atoms with Gasteiger partial charge in [-0.3, -0.25) is 10.4 Å². The van der Waals surface area contributed by atoms with Crippen LogP contribution < -0.4 is 11.3 Å². The summed E-state index contributed by atoms with van der Waals surface area (Å²) >= 11 is 1.49. The molecule has 11 heavy (non-hydrogen) atoms. The highest BCUT2D eigenvalue weighted by molar-refractivity contribution is 7.22. The largest absolute Gasteiger partial charge is 0.300 e. The molecule has 0 unspecified atom stereocenters. The average Bonchev–Trinajstić information content (AvgIpc) is 2.46. The molecular formula is C6H6N4S. The zero-order chi connectivity index (χ0) is 7.68. The third-order valence-corrected chi connectivity index (χ3v) is 2.25. The van der Waals surface area contributed by atoms with Gasteiger partial charge in [-0.25, -0.2) is 10.8 Å². The summed E-state index contributed by atoms with van der Waals surface area (Å²) in [6.07, 6.45) is 3.48. The minimum Gasteiger partial charge on any atom is -0.300 e. The van der Waals surface area contributed by atoms with Crippen molar-refractivity contribution in [2.75, 3.05) is 5.43 Å². The number of anilines is 1. The summed E-state index contributed by atoms with van der Waals surface area (Å²) in [5, 5.41) is 0.716. The molecule has 56 valence electrons. The summed E-state index contributed by atoms with van der Waals surface area (Å²) in [5.74, 6) is 5.19. The van der Waals surface area contributed by atoms with Crippen molar-refractivity contribution < 1.29 is 0 Å². The maximum Gasteiger partial charge on any atom is 0.198 e. The zero-order valence-electron chi connectivity index (χ0n) is 5.61. The Kier molecular flexibility index (Phi) is 1.45. The van der Waals surface area contributed by atoms with E-state index in [1.54, 1.807) is 12.4 Å². The van der Waals surface area contributed by atoms with E-state index in [-0.39, 0.29) is 0 Å². The summed E-state index contributed by atoms with van der Waals surface area (Å²) < 4.78 is 1.04. The van der Waals surface area contributed by atoms with E-state index in [1.807, 2.05) is 6.07 Å². The number of hydrogen-bond donors (Lipinski definition) is 2. The van der Waals surface area contributed by atoms with Crippen LogP contribution in [0.1, 0.15) is 0 Å². The lowest BCUT2D eigenvalue weighted by molar-refractivity contribution is 1.30. The van der Waals surface area contributed by atoms with E-state index in [1.165, 1.54) is 11.3 Å². The first-order valence-corrected chi connectivity index (χ1v) is 3.89. The van der Waals surface area contributed by atoms with Gasteiger partial charge in [0.05, 0.1) is 10.2 Å². The minimum absolute atomic E-state index is 0.716. The van der Waals surface area contributed by atoms with E-state index >= 15 is 0 Å². The second-order valence-corrected chi connectivity index (χ2v) is 3.04. The van der Waals surface area contributed by atoms with E-state index < -0.39 is 0 Å². The molecule has 0 saturated carbocycles. The fourth-order valence-corrected chi connectivity index (χ4v) is 1.58. The van der Waals surface area contributed by atoms with Gasteiger partial charge in [0.25, 0.3) is 0 Å². The predicted molar refractivity (Wildman–Crippen MR) is 45.2 cm³/mol. The Bertz CT molecular complexity index is 336. The van der Waals surface area contributed by atoms with Gasteiger partial charge in [0, 0.05) is 12.4 Å². The Balaban J connectivity index is 2.69. The van der Waals surface area contributed by atoms with Crippen molar-refractivity contribution in [3.63, 3.8) is 0 Å². The van der Waals surface area contributed by atoms with Gasteiger partial charge in [-0.15, -0.1) is 0 Å². The molecule has 0 fully saturated rings. The lowest BCUT2D eigenvalue weighted by atomic mass is 10.4. The van der Waals surface area contributed by atoms with Gasteiger partial charge in [0.1, 0.15) is 0 Å². The topological polar surface area (TPSA) is 63.8 Å². The summed E-state index contributed by atoms with van der Waals surface area (Å²) in [5.41, 5.74) is 3.42. The van der Waals surface area contributed by atoms with Crippen LogP contribution in [0.15, 0.2) is 18.5 Å². The van der Waals surface area contributed by atoms with Crippen molar-refractivity contribution >= 4 is 26.7 Å². The molecule has 0 spiro atoms. The number of thiazole rings is 1. The van der Waals surface area contributed by atoms with Gasteiger partial charge in [-0.2, -0.15) is 0 Å². The Morgan fingerprint density at radius 2 is 2.45 bits per heavy atom. The predicted octanol–water partition coefficient (Wildman–Crippen LogP) is 0.977. The number of hydrogen-bond acceptors (Lipinski definition) is 5. The number of nitrogens with zero attached hydrogens (tertiary/aromatic N) is 2. The maximum atomic E-state index is 5.19. The SMILES string of the molecule is NNc1nc2ccncc2s1. The highest BCUT2D eigenvalue weighted by Crippen LogP contribution is 2.23. The first kappa shape index (κ1) is 6.51. The molecule has 0 bridgehead atoms. The Labute approximate surface area is 67.1 Å². The molecule has 4 nitrogen and oxygen atoms in total. The molecule has 2 aromatic rings. The van der Waals surface area contributed by atoms with Crippen LogP contribution in [0.25, 0.3) is 10.2 Å². The van der Waals surface area contributed by atoms with Crippen LogP contribution in [0.4, 0.5) is 5.13 Å². The molecule has 0 aliphatic carbocycles. The number of nitrogens with two attached hydrogens (primary N) is 1. The van der Waals surface area contributed by atoms with Crippen molar-refractivity contribution in [2.24, 2.45) is 5.84 Å². The second-order valence-electron chi connectivity index (χ2n) is 2.01. The number of nitrogen functional groups attached to an aromatic ring is 1. The third-order valence-electron chi connectivity index (χ3n) is 1.31. The summed E-state index contributed by atoms with van der Waals surface area (Å²) in [6, 6.07) is 1.85. The molecule has 0 aliphatic rings. The third kappa shape index (κ3) is 1.04. The van der Waals surface area contributed by atoms with Crippen LogP contribution in [0.5, 0.6) is 0 Å². The quantitative estimate of drug-likeness (QED) is 0.489. The van der Waals surface area contributed by atoms with E-state index in [0.717, 1.165) is 10.2 Å². The first-order chi connectivity index (χ1) is 5.40. The molecule has 0 aliphatic heterocycles. The molecule has 0 amide bonds. The fraction of sp³-hybridized carbons (Fsp3) is 0. The minimum atomic E-state index is 0.716. The molecule has 0 radical (unpaired) electrons. The molecule has 2 aromatic heterocycles. The van der Waals surface area contributed by atoms with Gasteiger partial charge in [-0.05, 0) is 6.07 Å². The monoisotopic (exact) mass is 166 g/mol. The standard InChI is InChI=1S/C6H6N4S/c7-10-6-9-4-1-2-8-3-5(4)11-6/h1-3H,7H2,(H,9,10). The Morgan fingerprint density at radius 1 is 1.55 bits per heavy atom. The zero-order valence-corrected chi connectivity index (χ0v) is 6.43. The summed E-state index contributed by atoms with van der Waals surface area (Å²) in [7, 11) is 0. The van der Waals surface area contributed by atoms with E-state index in [9.17, 15) is 0 Å². The smallest absolute Gasteiger partial charge is 0.198 e. The molecule has 0 aromatic carbocycles. The summed E-state index contributed by atoms with van der Waals surface area (Å²) in [6.45, 7) is 0. The van der Waals surface area contributed by atoms with Crippen LogP contribution in [0, 0.1) is 0 Å². The number of rotatable bonds is 1. The van der Waals surface area contributed by atoms with Crippen LogP contribution in [0.2, 0.25) is 0 Å². The molecule has 0 atom stereocenters. The lowest BCUT2D eigenvalue weighted by Gasteiger charge is -1.84. The normalized spacial score (nSPS) is 10.3.